The summed E-state index contributed by atoms with van der Waals surface area (Å²) in [6.07, 6.45) is 0. The van der Waals surface area contributed by atoms with Gasteiger partial charge in [-0.15, -0.1) is 0 Å². The molecule has 0 atom stereocenters. The zero-order chi connectivity index (χ0) is 19.9. The second kappa shape index (κ2) is 9.85. The van der Waals surface area contributed by atoms with E-state index in [2.05, 4.69) is 21.2 Å². The Morgan fingerprint density at radius 3 is 2.46 bits per heavy atom. The SMILES string of the molecule is CCOc1cc(CNc2ccc(C)c(Cl)c2)cc(Br)c1OCc1ccccc1. The lowest BCUT2D eigenvalue weighted by Crippen LogP contribution is -2.04. The Morgan fingerprint density at radius 1 is 0.964 bits per heavy atom. The molecule has 28 heavy (non-hydrogen) atoms. The first-order chi connectivity index (χ1) is 13.6. The summed E-state index contributed by atoms with van der Waals surface area (Å²) in [7, 11) is 0. The Labute approximate surface area is 179 Å². The van der Waals surface area contributed by atoms with Crippen molar-refractivity contribution < 1.29 is 9.47 Å². The molecular formula is C23H23BrClNO2. The lowest BCUT2D eigenvalue weighted by atomic mass is 10.1. The number of hydrogen-bond donors (Lipinski definition) is 1. The Bertz CT molecular complexity index is 931. The molecule has 0 aromatic heterocycles. The molecule has 1 N–H and O–H groups in total. The molecule has 0 fully saturated rings. The topological polar surface area (TPSA) is 30.5 Å². The molecule has 0 saturated carbocycles. The smallest absolute Gasteiger partial charge is 0.175 e. The van der Waals surface area contributed by atoms with Crippen LogP contribution in [0.4, 0.5) is 5.69 Å². The maximum Gasteiger partial charge on any atom is 0.175 e. The van der Waals surface area contributed by atoms with Gasteiger partial charge in [-0.1, -0.05) is 48.0 Å². The summed E-state index contributed by atoms with van der Waals surface area (Å²) in [6, 6.07) is 20.1. The number of benzene rings is 3. The van der Waals surface area contributed by atoms with Crippen molar-refractivity contribution in [2.24, 2.45) is 0 Å². The van der Waals surface area contributed by atoms with Gasteiger partial charge in [-0.2, -0.15) is 0 Å². The Hall–Kier alpha value is -2.17. The highest BCUT2D eigenvalue weighted by molar-refractivity contribution is 9.10. The summed E-state index contributed by atoms with van der Waals surface area (Å²) in [5.74, 6) is 1.44. The first-order valence-electron chi connectivity index (χ1n) is 9.18. The van der Waals surface area contributed by atoms with E-state index in [9.17, 15) is 0 Å². The molecule has 0 heterocycles. The van der Waals surface area contributed by atoms with Gasteiger partial charge in [0, 0.05) is 17.3 Å². The van der Waals surface area contributed by atoms with Crippen LogP contribution in [-0.2, 0) is 13.2 Å². The Balaban J connectivity index is 1.74. The number of nitrogens with one attached hydrogen (secondary N) is 1. The van der Waals surface area contributed by atoms with Gasteiger partial charge >= 0.3 is 0 Å². The predicted molar refractivity (Wildman–Crippen MR) is 120 cm³/mol. The molecule has 3 rings (SSSR count). The Kier molecular flexibility index (Phi) is 7.24. The fourth-order valence-corrected chi connectivity index (χ4v) is 3.55. The summed E-state index contributed by atoms with van der Waals surface area (Å²) in [5.41, 5.74) is 4.24. The van der Waals surface area contributed by atoms with Gasteiger partial charge in [0.1, 0.15) is 6.61 Å². The number of ether oxygens (including phenoxy) is 2. The maximum atomic E-state index is 6.21. The van der Waals surface area contributed by atoms with Crippen molar-refractivity contribution in [3.63, 3.8) is 0 Å². The number of hydrogen-bond acceptors (Lipinski definition) is 3. The van der Waals surface area contributed by atoms with Crippen LogP contribution in [0.2, 0.25) is 5.02 Å². The molecule has 0 spiro atoms. The van der Waals surface area contributed by atoms with Gasteiger partial charge in [0.25, 0.3) is 0 Å². The summed E-state index contributed by atoms with van der Waals surface area (Å²) >= 11 is 9.84. The van der Waals surface area contributed by atoms with Crippen molar-refractivity contribution >= 4 is 33.2 Å². The first kappa shape index (κ1) is 20.6. The van der Waals surface area contributed by atoms with E-state index in [0.29, 0.717) is 25.5 Å². The van der Waals surface area contributed by atoms with E-state index in [1.807, 2.05) is 74.5 Å². The first-order valence-corrected chi connectivity index (χ1v) is 10.4. The zero-order valence-electron chi connectivity index (χ0n) is 16.0. The van der Waals surface area contributed by atoms with Gasteiger partial charge in [0.2, 0.25) is 0 Å². The van der Waals surface area contributed by atoms with Crippen LogP contribution in [0.1, 0.15) is 23.6 Å². The summed E-state index contributed by atoms with van der Waals surface area (Å²) in [5, 5.41) is 4.16. The van der Waals surface area contributed by atoms with Crippen molar-refractivity contribution in [1.29, 1.82) is 0 Å². The summed E-state index contributed by atoms with van der Waals surface area (Å²) in [4.78, 5) is 0. The third-order valence-corrected chi connectivity index (χ3v) is 5.26. The average molecular weight is 461 g/mol. The molecule has 0 aliphatic heterocycles. The standard InChI is InChI=1S/C23H23BrClNO2/c1-3-27-22-12-18(14-26-19-10-9-16(2)21(25)13-19)11-20(24)23(22)28-15-17-7-5-4-6-8-17/h4-13,26H,3,14-15H2,1-2H3. The highest BCUT2D eigenvalue weighted by atomic mass is 79.9. The second-order valence-electron chi connectivity index (χ2n) is 6.43. The molecule has 146 valence electrons. The van der Waals surface area contributed by atoms with Crippen molar-refractivity contribution in [3.8, 4) is 11.5 Å². The normalized spacial score (nSPS) is 10.6. The average Bonchev–Trinajstić information content (AvgIpc) is 2.69. The molecule has 0 bridgehead atoms. The third-order valence-electron chi connectivity index (χ3n) is 4.26. The van der Waals surface area contributed by atoms with E-state index in [1.165, 1.54) is 0 Å². The van der Waals surface area contributed by atoms with Crippen LogP contribution in [0, 0.1) is 6.92 Å². The molecule has 0 aliphatic rings. The van der Waals surface area contributed by atoms with Crippen molar-refractivity contribution in [3.05, 3.63) is 86.8 Å². The minimum atomic E-state index is 0.485. The zero-order valence-corrected chi connectivity index (χ0v) is 18.3. The number of aryl methyl sites for hydroxylation is 1. The number of anilines is 1. The van der Waals surface area contributed by atoms with Crippen LogP contribution >= 0.6 is 27.5 Å². The largest absolute Gasteiger partial charge is 0.490 e. The van der Waals surface area contributed by atoms with E-state index in [1.54, 1.807) is 0 Å². The van der Waals surface area contributed by atoms with Gasteiger partial charge in [0.05, 0.1) is 11.1 Å². The Morgan fingerprint density at radius 2 is 1.75 bits per heavy atom. The summed E-state index contributed by atoms with van der Waals surface area (Å²) < 4.78 is 12.7. The van der Waals surface area contributed by atoms with Crippen LogP contribution in [0.5, 0.6) is 11.5 Å². The van der Waals surface area contributed by atoms with E-state index >= 15 is 0 Å². The molecule has 3 nitrogen and oxygen atoms in total. The van der Waals surface area contributed by atoms with Crippen molar-refractivity contribution in [2.45, 2.75) is 27.0 Å². The van der Waals surface area contributed by atoms with Crippen LogP contribution in [-0.4, -0.2) is 6.61 Å². The predicted octanol–water partition coefficient (Wildman–Crippen LogP) is 7.00. The van der Waals surface area contributed by atoms with Crippen LogP contribution < -0.4 is 14.8 Å². The van der Waals surface area contributed by atoms with Crippen molar-refractivity contribution in [1.82, 2.24) is 0 Å². The quantitative estimate of drug-likeness (QED) is 0.392. The maximum absolute atomic E-state index is 6.21. The molecule has 3 aromatic carbocycles. The van der Waals surface area contributed by atoms with Gasteiger partial charge < -0.3 is 14.8 Å². The van der Waals surface area contributed by atoms with Gasteiger partial charge in [-0.05, 0) is 70.7 Å². The van der Waals surface area contributed by atoms with E-state index in [-0.39, 0.29) is 0 Å². The van der Waals surface area contributed by atoms with Crippen LogP contribution in [0.3, 0.4) is 0 Å². The minimum Gasteiger partial charge on any atom is -0.490 e. The second-order valence-corrected chi connectivity index (χ2v) is 7.69. The lowest BCUT2D eigenvalue weighted by molar-refractivity contribution is 0.267. The summed E-state index contributed by atoms with van der Waals surface area (Å²) in [6.45, 7) is 5.66. The van der Waals surface area contributed by atoms with Crippen LogP contribution in [0.25, 0.3) is 0 Å². The van der Waals surface area contributed by atoms with Gasteiger partial charge in [0.15, 0.2) is 11.5 Å². The molecule has 0 unspecified atom stereocenters. The minimum absolute atomic E-state index is 0.485. The van der Waals surface area contributed by atoms with E-state index < -0.39 is 0 Å². The van der Waals surface area contributed by atoms with Gasteiger partial charge in [-0.25, -0.2) is 0 Å². The van der Waals surface area contributed by atoms with Crippen molar-refractivity contribution in [2.75, 3.05) is 11.9 Å². The number of halogens is 2. The third kappa shape index (κ3) is 5.43. The van der Waals surface area contributed by atoms with E-state index in [4.69, 9.17) is 21.1 Å². The molecule has 5 heteroatoms. The molecule has 3 aromatic rings. The monoisotopic (exact) mass is 459 g/mol. The fraction of sp³-hybridized carbons (Fsp3) is 0.217. The highest BCUT2D eigenvalue weighted by Gasteiger charge is 2.13. The fourth-order valence-electron chi connectivity index (χ4n) is 2.76. The molecular weight excluding hydrogens is 438 g/mol. The number of rotatable bonds is 8. The van der Waals surface area contributed by atoms with Crippen LogP contribution in [0.15, 0.2) is 65.1 Å². The molecule has 0 aliphatic carbocycles. The molecule has 0 amide bonds. The van der Waals surface area contributed by atoms with E-state index in [0.717, 1.165) is 37.6 Å². The highest BCUT2D eigenvalue weighted by Crippen LogP contribution is 2.37. The van der Waals surface area contributed by atoms with Gasteiger partial charge in [-0.3, -0.25) is 0 Å². The molecule has 0 saturated heterocycles. The molecule has 0 radical (unpaired) electrons. The lowest BCUT2D eigenvalue weighted by Gasteiger charge is -2.16.